The topological polar surface area (TPSA) is 54.4 Å². The maximum atomic E-state index is 12.2. The number of aliphatic hydroxyl groups excluding tert-OH is 1. The van der Waals surface area contributed by atoms with Crippen LogP contribution in [0.2, 0.25) is 0 Å². The number of carbonyl (C=O) groups is 2. The zero-order chi connectivity index (χ0) is 18.0. The molecule has 3 nitrogen and oxygen atoms in total. The van der Waals surface area contributed by atoms with Crippen molar-refractivity contribution in [3.63, 3.8) is 0 Å². The molecule has 0 aromatic heterocycles. The number of rotatable bonds is 2. The molecule has 0 heterocycles. The summed E-state index contributed by atoms with van der Waals surface area (Å²) in [5.41, 5.74) is 2.35. The minimum atomic E-state index is -0.369. The molecular weight excluding hydrogens is 312 g/mol. The second kappa shape index (κ2) is 5.64. The highest BCUT2D eigenvalue weighted by molar-refractivity contribution is 5.98. The number of aliphatic hydroxyl groups is 1. The van der Waals surface area contributed by atoms with E-state index in [1.165, 1.54) is 5.57 Å². The first-order chi connectivity index (χ1) is 11.8. The molecule has 3 heteroatoms. The molecule has 4 aliphatic carbocycles. The van der Waals surface area contributed by atoms with E-state index in [1.807, 2.05) is 6.08 Å². The summed E-state index contributed by atoms with van der Waals surface area (Å²) in [7, 11) is 0. The average molecular weight is 342 g/mol. The minimum Gasteiger partial charge on any atom is -0.388 e. The van der Waals surface area contributed by atoms with Crippen LogP contribution in [-0.2, 0) is 9.59 Å². The lowest BCUT2D eigenvalue weighted by atomic mass is 9.45. The summed E-state index contributed by atoms with van der Waals surface area (Å²) in [5, 5.41) is 9.36. The molecule has 0 aromatic carbocycles. The predicted molar refractivity (Wildman–Crippen MR) is 96.8 cm³/mol. The van der Waals surface area contributed by atoms with E-state index in [1.54, 1.807) is 0 Å². The molecule has 2 saturated carbocycles. The fraction of sp³-hybridized carbons (Fsp3) is 0.727. The third-order valence-corrected chi connectivity index (χ3v) is 8.54. The summed E-state index contributed by atoms with van der Waals surface area (Å²) in [6.45, 7) is 6.54. The lowest BCUT2D eigenvalue weighted by molar-refractivity contribution is -0.123. The predicted octanol–water partition coefficient (Wildman–Crippen LogP) is 3.86. The second-order valence-electron chi connectivity index (χ2n) is 9.33. The average Bonchev–Trinajstić information content (AvgIpc) is 2.93. The van der Waals surface area contributed by atoms with Crippen LogP contribution in [0.15, 0.2) is 23.3 Å². The zero-order valence-corrected chi connectivity index (χ0v) is 15.7. The Morgan fingerprint density at radius 2 is 2.04 bits per heavy atom. The van der Waals surface area contributed by atoms with Crippen LogP contribution in [0.25, 0.3) is 0 Å². The van der Waals surface area contributed by atoms with Gasteiger partial charge in [-0.25, -0.2) is 0 Å². The molecule has 0 aliphatic heterocycles. The quantitative estimate of drug-likeness (QED) is 0.829. The molecule has 1 N–H and O–H groups in total. The van der Waals surface area contributed by atoms with Gasteiger partial charge in [-0.3, -0.25) is 9.59 Å². The molecule has 4 aliphatic rings. The van der Waals surface area contributed by atoms with Gasteiger partial charge in [0, 0.05) is 6.42 Å². The van der Waals surface area contributed by atoms with Gasteiger partial charge >= 0.3 is 0 Å². The smallest absolute Gasteiger partial charge is 0.184 e. The maximum Gasteiger partial charge on any atom is 0.184 e. The zero-order valence-electron chi connectivity index (χ0n) is 15.7. The molecule has 2 fully saturated rings. The summed E-state index contributed by atoms with van der Waals surface area (Å²) < 4.78 is 0. The summed E-state index contributed by atoms with van der Waals surface area (Å²) in [4.78, 5) is 24.3. The molecule has 0 spiro atoms. The molecular formula is C22H30O3. The molecule has 1 unspecified atom stereocenters. The Balaban J connectivity index is 1.68. The van der Waals surface area contributed by atoms with Gasteiger partial charge in [-0.05, 0) is 78.3 Å². The van der Waals surface area contributed by atoms with Crippen LogP contribution >= 0.6 is 0 Å². The highest BCUT2D eigenvalue weighted by atomic mass is 16.3. The Hall–Kier alpha value is -1.22. The van der Waals surface area contributed by atoms with Gasteiger partial charge in [0.2, 0.25) is 0 Å². The van der Waals surface area contributed by atoms with E-state index in [4.69, 9.17) is 0 Å². The lowest BCUT2D eigenvalue weighted by Gasteiger charge is -2.59. The van der Waals surface area contributed by atoms with Crippen LogP contribution in [0.3, 0.4) is 0 Å². The van der Waals surface area contributed by atoms with Gasteiger partial charge < -0.3 is 5.11 Å². The molecule has 0 amide bonds. The highest BCUT2D eigenvalue weighted by Crippen LogP contribution is 2.66. The van der Waals surface area contributed by atoms with Crippen LogP contribution in [0, 0.1) is 34.5 Å². The van der Waals surface area contributed by atoms with Crippen molar-refractivity contribution in [2.24, 2.45) is 34.5 Å². The molecule has 0 radical (unpaired) electrons. The monoisotopic (exact) mass is 342 g/mol. The number of allylic oxidation sites excluding steroid dienone is 3. The Labute approximate surface area is 150 Å². The number of Topliss-reactive ketones (excluding diaryl/α,β-unsaturated/α-hetero) is 1. The Kier molecular flexibility index (Phi) is 3.88. The van der Waals surface area contributed by atoms with Crippen molar-refractivity contribution >= 4 is 11.6 Å². The van der Waals surface area contributed by atoms with Gasteiger partial charge in [0.15, 0.2) is 11.6 Å². The van der Waals surface area contributed by atoms with Gasteiger partial charge in [-0.1, -0.05) is 32.4 Å². The van der Waals surface area contributed by atoms with Gasteiger partial charge in [0.1, 0.15) is 6.61 Å². The summed E-state index contributed by atoms with van der Waals surface area (Å²) in [6.07, 6.45) is 10.0. The fourth-order valence-electron chi connectivity index (χ4n) is 7.03. The molecule has 136 valence electrons. The first-order valence-corrected chi connectivity index (χ1v) is 9.91. The van der Waals surface area contributed by atoms with Crippen molar-refractivity contribution in [1.29, 1.82) is 0 Å². The highest BCUT2D eigenvalue weighted by Gasteiger charge is 2.59. The number of carbonyl (C=O) groups excluding carboxylic acids is 2. The first kappa shape index (κ1) is 17.2. The van der Waals surface area contributed by atoms with Gasteiger partial charge in [-0.2, -0.15) is 0 Å². The molecule has 0 saturated heterocycles. The van der Waals surface area contributed by atoms with Gasteiger partial charge in [0.25, 0.3) is 0 Å². The van der Waals surface area contributed by atoms with E-state index >= 15 is 0 Å². The standard InChI is InChI=1S/C22H30O3/c1-13-10-15(24)11-14-4-5-16-17-6-7-19(20(25)12-23)21(17,2)9-8-18(16)22(13,14)3/h7,11,13,16-18,23H,4-6,8-10,12H2,1-3H3/t13?,16-,17-,18-,21-,22-/m0/s1. The molecule has 4 rings (SSSR count). The van der Waals surface area contributed by atoms with Crippen LogP contribution in [-0.4, -0.2) is 23.3 Å². The SMILES string of the molecule is CC1CC(=O)C=C2CC[C@H]3[C@@H]4CC=C(C(=O)CO)[C@@]4(C)CC[C@@H]3[C@]21C. The van der Waals surface area contributed by atoms with E-state index in [2.05, 4.69) is 26.8 Å². The van der Waals surface area contributed by atoms with Crippen LogP contribution < -0.4 is 0 Å². The Morgan fingerprint density at radius 1 is 1.28 bits per heavy atom. The van der Waals surface area contributed by atoms with Crippen LogP contribution in [0.4, 0.5) is 0 Å². The van der Waals surface area contributed by atoms with Crippen molar-refractivity contribution in [2.45, 2.75) is 59.3 Å². The third-order valence-electron chi connectivity index (χ3n) is 8.54. The van der Waals surface area contributed by atoms with E-state index in [9.17, 15) is 14.7 Å². The Bertz CT molecular complexity index is 687. The van der Waals surface area contributed by atoms with Crippen molar-refractivity contribution in [1.82, 2.24) is 0 Å². The van der Waals surface area contributed by atoms with E-state index in [0.717, 1.165) is 37.7 Å². The summed E-state index contributed by atoms with van der Waals surface area (Å²) in [5.74, 6) is 2.38. The largest absolute Gasteiger partial charge is 0.388 e. The van der Waals surface area contributed by atoms with Crippen molar-refractivity contribution in [3.05, 3.63) is 23.3 Å². The normalized spacial score (nSPS) is 45.8. The minimum absolute atomic E-state index is 0.0632. The summed E-state index contributed by atoms with van der Waals surface area (Å²) in [6, 6.07) is 0. The van der Waals surface area contributed by atoms with Gasteiger partial charge in [0.05, 0.1) is 0 Å². The van der Waals surface area contributed by atoms with Crippen molar-refractivity contribution in [2.75, 3.05) is 6.61 Å². The van der Waals surface area contributed by atoms with Crippen molar-refractivity contribution in [3.8, 4) is 0 Å². The van der Waals surface area contributed by atoms with Crippen LogP contribution in [0.1, 0.15) is 59.3 Å². The molecule has 0 aromatic rings. The molecule has 25 heavy (non-hydrogen) atoms. The molecule has 0 bridgehead atoms. The number of hydrogen-bond acceptors (Lipinski definition) is 3. The lowest BCUT2D eigenvalue weighted by Crippen LogP contribution is -2.53. The van der Waals surface area contributed by atoms with E-state index < -0.39 is 0 Å². The van der Waals surface area contributed by atoms with Crippen LogP contribution in [0.5, 0.6) is 0 Å². The summed E-state index contributed by atoms with van der Waals surface area (Å²) >= 11 is 0. The third kappa shape index (κ3) is 2.21. The molecule has 6 atom stereocenters. The maximum absolute atomic E-state index is 12.2. The van der Waals surface area contributed by atoms with E-state index in [-0.39, 0.29) is 23.2 Å². The second-order valence-corrected chi connectivity index (χ2v) is 9.33. The number of hydrogen-bond donors (Lipinski definition) is 1. The van der Waals surface area contributed by atoms with Crippen molar-refractivity contribution < 1.29 is 14.7 Å². The fourth-order valence-corrected chi connectivity index (χ4v) is 7.03. The first-order valence-electron chi connectivity index (χ1n) is 9.91. The Morgan fingerprint density at radius 3 is 2.76 bits per heavy atom. The van der Waals surface area contributed by atoms with Gasteiger partial charge in [-0.15, -0.1) is 0 Å². The van der Waals surface area contributed by atoms with E-state index in [0.29, 0.717) is 35.9 Å². The number of ketones is 2. The number of fused-ring (bicyclic) bond motifs is 5.